The maximum absolute atomic E-state index is 12.0. The van der Waals surface area contributed by atoms with Gasteiger partial charge in [0.25, 0.3) is 5.91 Å². The molecule has 1 aromatic heterocycles. The van der Waals surface area contributed by atoms with Gasteiger partial charge >= 0.3 is 0 Å². The van der Waals surface area contributed by atoms with Gasteiger partial charge in [-0.2, -0.15) is 5.10 Å². The van der Waals surface area contributed by atoms with E-state index in [9.17, 15) is 4.79 Å². The Labute approximate surface area is 109 Å². The quantitative estimate of drug-likeness (QED) is 0.830. The van der Waals surface area contributed by atoms with Crippen LogP contribution >= 0.6 is 11.8 Å². The Kier molecular flexibility index (Phi) is 3.57. The molecule has 2 rings (SSSR count). The number of nitrogens with two attached hydrogens (primary N) is 1. The minimum atomic E-state index is -0.300. The minimum absolute atomic E-state index is 0.243. The molecule has 0 saturated carbocycles. The number of hydrogen-bond donors (Lipinski definition) is 2. The van der Waals surface area contributed by atoms with Gasteiger partial charge in [-0.05, 0) is 24.5 Å². The van der Waals surface area contributed by atoms with Gasteiger partial charge in [0, 0.05) is 23.8 Å². The molecule has 0 fully saturated rings. The molecule has 1 heterocycles. The monoisotopic (exact) mass is 262 g/mol. The summed E-state index contributed by atoms with van der Waals surface area (Å²) >= 11 is 1.62. The van der Waals surface area contributed by atoms with Gasteiger partial charge in [-0.15, -0.1) is 11.8 Å². The predicted molar refractivity (Wildman–Crippen MR) is 73.8 cm³/mol. The zero-order valence-corrected chi connectivity index (χ0v) is 11.0. The highest BCUT2D eigenvalue weighted by Crippen LogP contribution is 2.20. The number of thioether (sulfide) groups is 1. The maximum Gasteiger partial charge on any atom is 0.278 e. The Morgan fingerprint density at radius 1 is 1.50 bits per heavy atom. The number of hydrogen-bond acceptors (Lipinski definition) is 4. The fourth-order valence-corrected chi connectivity index (χ4v) is 2.03. The van der Waals surface area contributed by atoms with Gasteiger partial charge in [0.05, 0.1) is 5.69 Å². The molecule has 18 heavy (non-hydrogen) atoms. The smallest absolute Gasteiger partial charge is 0.278 e. The third kappa shape index (κ3) is 2.65. The normalized spacial score (nSPS) is 10.3. The number of amides is 1. The fourth-order valence-electron chi connectivity index (χ4n) is 1.57. The summed E-state index contributed by atoms with van der Waals surface area (Å²) in [6.45, 7) is 0. The van der Waals surface area contributed by atoms with Gasteiger partial charge in [-0.3, -0.25) is 9.48 Å². The van der Waals surface area contributed by atoms with Crippen LogP contribution in [0.5, 0.6) is 0 Å². The highest BCUT2D eigenvalue weighted by atomic mass is 32.2. The lowest BCUT2D eigenvalue weighted by Crippen LogP contribution is -2.14. The molecule has 2 aromatic rings. The summed E-state index contributed by atoms with van der Waals surface area (Å²) in [7, 11) is 1.72. The molecule has 0 radical (unpaired) electrons. The molecule has 0 spiro atoms. The summed E-state index contributed by atoms with van der Waals surface area (Å²) < 4.78 is 1.52. The van der Waals surface area contributed by atoms with Crippen LogP contribution in [0.4, 0.5) is 11.4 Å². The first kappa shape index (κ1) is 12.5. The van der Waals surface area contributed by atoms with E-state index >= 15 is 0 Å². The number of anilines is 2. The first-order valence-corrected chi connectivity index (χ1v) is 6.57. The van der Waals surface area contributed by atoms with Crippen molar-refractivity contribution in [2.24, 2.45) is 7.05 Å². The van der Waals surface area contributed by atoms with Crippen LogP contribution in [0.25, 0.3) is 0 Å². The molecule has 0 saturated heterocycles. The Bertz CT molecular complexity index is 579. The maximum atomic E-state index is 12.0. The molecule has 94 valence electrons. The Morgan fingerprint density at radius 2 is 2.28 bits per heavy atom. The Balaban J connectivity index is 2.18. The first-order valence-electron chi connectivity index (χ1n) is 5.34. The molecule has 1 aromatic carbocycles. The zero-order valence-electron chi connectivity index (χ0n) is 10.2. The number of aromatic nitrogens is 2. The Hall–Kier alpha value is -1.95. The van der Waals surface area contributed by atoms with Crippen molar-refractivity contribution in [3.8, 4) is 0 Å². The van der Waals surface area contributed by atoms with Crippen molar-refractivity contribution < 1.29 is 4.79 Å². The molecule has 0 aliphatic heterocycles. The van der Waals surface area contributed by atoms with E-state index in [1.54, 1.807) is 25.0 Å². The average molecular weight is 262 g/mol. The van der Waals surface area contributed by atoms with Crippen LogP contribution in [-0.2, 0) is 7.05 Å². The van der Waals surface area contributed by atoms with E-state index < -0.39 is 0 Å². The molecule has 0 aliphatic carbocycles. The second kappa shape index (κ2) is 5.14. The van der Waals surface area contributed by atoms with E-state index in [0.717, 1.165) is 10.6 Å². The van der Waals surface area contributed by atoms with Crippen molar-refractivity contribution in [3.05, 3.63) is 36.2 Å². The molecule has 0 unspecified atom stereocenters. The SMILES string of the molecule is CSc1cccc(NC(=O)c2nn(C)cc2N)c1. The van der Waals surface area contributed by atoms with Crippen LogP contribution < -0.4 is 11.1 Å². The fraction of sp³-hybridized carbons (Fsp3) is 0.167. The summed E-state index contributed by atoms with van der Waals surface area (Å²) in [5.74, 6) is -0.300. The van der Waals surface area contributed by atoms with Crippen LogP contribution in [0.15, 0.2) is 35.4 Å². The summed E-state index contributed by atoms with van der Waals surface area (Å²) in [5.41, 5.74) is 7.05. The van der Waals surface area contributed by atoms with Crippen molar-refractivity contribution in [1.29, 1.82) is 0 Å². The standard InChI is InChI=1S/C12H14N4OS/c1-16-7-10(13)11(15-16)12(17)14-8-4-3-5-9(6-8)18-2/h3-7H,13H2,1-2H3,(H,14,17). The highest BCUT2D eigenvalue weighted by molar-refractivity contribution is 7.98. The van der Waals surface area contributed by atoms with Crippen molar-refractivity contribution >= 4 is 29.0 Å². The van der Waals surface area contributed by atoms with Gasteiger partial charge in [-0.1, -0.05) is 6.07 Å². The molecular formula is C12H14N4OS. The lowest BCUT2D eigenvalue weighted by atomic mass is 10.3. The molecule has 5 nitrogen and oxygen atoms in total. The lowest BCUT2D eigenvalue weighted by molar-refractivity contribution is 0.102. The summed E-state index contributed by atoms with van der Waals surface area (Å²) in [6.07, 6.45) is 3.59. The van der Waals surface area contributed by atoms with E-state index in [2.05, 4.69) is 10.4 Å². The molecule has 3 N–H and O–H groups in total. The predicted octanol–water partition coefficient (Wildman–Crippen LogP) is 1.98. The van der Waals surface area contributed by atoms with Gasteiger partial charge in [0.15, 0.2) is 5.69 Å². The van der Waals surface area contributed by atoms with Crippen molar-refractivity contribution in [3.63, 3.8) is 0 Å². The van der Waals surface area contributed by atoms with Crippen LogP contribution in [0.1, 0.15) is 10.5 Å². The molecule has 0 aliphatic rings. The number of carbonyl (C=O) groups is 1. The third-order valence-electron chi connectivity index (χ3n) is 2.40. The Morgan fingerprint density at radius 3 is 2.89 bits per heavy atom. The van der Waals surface area contributed by atoms with E-state index in [0.29, 0.717) is 5.69 Å². The van der Waals surface area contributed by atoms with Crippen LogP contribution in [0.2, 0.25) is 0 Å². The second-order valence-corrected chi connectivity index (χ2v) is 4.67. The number of nitrogens with one attached hydrogen (secondary N) is 1. The van der Waals surface area contributed by atoms with Crippen LogP contribution in [0, 0.1) is 0 Å². The molecule has 0 atom stereocenters. The van der Waals surface area contributed by atoms with E-state index in [4.69, 9.17) is 5.73 Å². The summed E-state index contributed by atoms with van der Waals surface area (Å²) in [5, 5.41) is 6.80. The van der Waals surface area contributed by atoms with E-state index in [1.807, 2.05) is 30.5 Å². The number of nitrogen functional groups attached to an aromatic ring is 1. The van der Waals surface area contributed by atoms with Crippen LogP contribution in [-0.4, -0.2) is 21.9 Å². The topological polar surface area (TPSA) is 72.9 Å². The highest BCUT2D eigenvalue weighted by Gasteiger charge is 2.14. The third-order valence-corrected chi connectivity index (χ3v) is 3.13. The lowest BCUT2D eigenvalue weighted by Gasteiger charge is -2.05. The summed E-state index contributed by atoms with van der Waals surface area (Å²) in [6, 6.07) is 7.61. The van der Waals surface area contributed by atoms with Crippen molar-refractivity contribution in [2.75, 3.05) is 17.3 Å². The van der Waals surface area contributed by atoms with Gasteiger partial charge < -0.3 is 11.1 Å². The molecular weight excluding hydrogens is 248 g/mol. The van der Waals surface area contributed by atoms with Gasteiger partial charge in [-0.25, -0.2) is 0 Å². The number of rotatable bonds is 3. The zero-order chi connectivity index (χ0) is 13.1. The molecule has 6 heteroatoms. The molecule has 1 amide bonds. The van der Waals surface area contributed by atoms with Gasteiger partial charge in [0.1, 0.15) is 0 Å². The summed E-state index contributed by atoms with van der Waals surface area (Å²) in [4.78, 5) is 13.1. The molecule has 0 bridgehead atoms. The average Bonchev–Trinajstić information content (AvgIpc) is 2.69. The van der Waals surface area contributed by atoms with E-state index in [1.165, 1.54) is 4.68 Å². The van der Waals surface area contributed by atoms with Gasteiger partial charge in [0.2, 0.25) is 0 Å². The minimum Gasteiger partial charge on any atom is -0.396 e. The largest absolute Gasteiger partial charge is 0.396 e. The number of carbonyl (C=O) groups excluding carboxylic acids is 1. The van der Waals surface area contributed by atoms with Crippen molar-refractivity contribution in [1.82, 2.24) is 9.78 Å². The number of nitrogens with zero attached hydrogens (tertiary/aromatic N) is 2. The van der Waals surface area contributed by atoms with Crippen molar-refractivity contribution in [2.45, 2.75) is 4.90 Å². The van der Waals surface area contributed by atoms with Crippen LogP contribution in [0.3, 0.4) is 0 Å². The first-order chi connectivity index (χ1) is 8.60. The number of benzene rings is 1. The second-order valence-electron chi connectivity index (χ2n) is 3.79. The van der Waals surface area contributed by atoms with E-state index in [-0.39, 0.29) is 11.6 Å². The number of aryl methyl sites for hydroxylation is 1.